The van der Waals surface area contributed by atoms with Gasteiger partial charge in [0.2, 0.25) is 5.88 Å². The Morgan fingerprint density at radius 2 is 2.04 bits per heavy atom. The van der Waals surface area contributed by atoms with Gasteiger partial charge in [0.25, 0.3) is 5.91 Å². The van der Waals surface area contributed by atoms with Crippen molar-refractivity contribution in [3.63, 3.8) is 0 Å². The molecule has 0 radical (unpaired) electrons. The van der Waals surface area contributed by atoms with Gasteiger partial charge in [0, 0.05) is 29.2 Å². The van der Waals surface area contributed by atoms with Crippen LogP contribution in [-0.2, 0) is 0 Å². The Balaban J connectivity index is 1.60. The topological polar surface area (TPSA) is 81.7 Å². The zero-order valence-corrected chi connectivity index (χ0v) is 14.3. The SMILES string of the molecule is COc1cc(C)n2ccc(C(=O)Nc3ccc(-c4cocn4)cc3)c2n1. The van der Waals surface area contributed by atoms with Gasteiger partial charge in [-0.1, -0.05) is 12.1 Å². The molecule has 1 amide bonds. The van der Waals surface area contributed by atoms with Crippen molar-refractivity contribution >= 4 is 17.2 Å². The Morgan fingerprint density at radius 1 is 1.23 bits per heavy atom. The van der Waals surface area contributed by atoms with Gasteiger partial charge in [0.15, 0.2) is 12.0 Å². The summed E-state index contributed by atoms with van der Waals surface area (Å²) in [7, 11) is 1.55. The number of carbonyl (C=O) groups excluding carboxylic acids is 1. The minimum atomic E-state index is -0.234. The number of fused-ring (bicyclic) bond motifs is 1. The van der Waals surface area contributed by atoms with Crippen LogP contribution in [-0.4, -0.2) is 27.4 Å². The second kappa shape index (κ2) is 6.36. The molecule has 1 N–H and O–H groups in total. The number of hydrogen-bond donors (Lipinski definition) is 1. The number of oxazole rings is 1. The molecule has 7 heteroatoms. The van der Waals surface area contributed by atoms with Crippen LogP contribution in [0.3, 0.4) is 0 Å². The molecule has 0 atom stereocenters. The molecule has 7 nitrogen and oxygen atoms in total. The third-order valence-corrected chi connectivity index (χ3v) is 4.11. The van der Waals surface area contributed by atoms with Crippen molar-refractivity contribution in [2.45, 2.75) is 6.92 Å². The van der Waals surface area contributed by atoms with Crippen LogP contribution < -0.4 is 10.1 Å². The Labute approximate surface area is 149 Å². The molecule has 0 saturated heterocycles. The van der Waals surface area contributed by atoms with Gasteiger partial charge in [-0.25, -0.2) is 4.98 Å². The molecule has 0 fully saturated rings. The molecule has 0 aliphatic carbocycles. The molecule has 130 valence electrons. The predicted octanol–water partition coefficient (Wildman–Crippen LogP) is 3.56. The number of rotatable bonds is 4. The van der Waals surface area contributed by atoms with Gasteiger partial charge < -0.3 is 18.9 Å². The quantitative estimate of drug-likeness (QED) is 0.610. The van der Waals surface area contributed by atoms with E-state index in [1.807, 2.05) is 47.9 Å². The number of methoxy groups -OCH3 is 1. The number of ether oxygens (including phenoxy) is 1. The number of nitrogens with one attached hydrogen (secondary N) is 1. The highest BCUT2D eigenvalue weighted by molar-refractivity contribution is 6.08. The van der Waals surface area contributed by atoms with E-state index in [4.69, 9.17) is 9.15 Å². The Bertz CT molecular complexity index is 1070. The standard InChI is InChI=1S/C19H16N4O3/c1-12-9-17(25-2)22-18-15(7-8-23(12)18)19(24)21-14-5-3-13(4-6-14)16-10-26-11-20-16/h3-11H,1-2H3,(H,21,24). The van der Waals surface area contributed by atoms with Crippen molar-refractivity contribution in [1.29, 1.82) is 0 Å². The summed E-state index contributed by atoms with van der Waals surface area (Å²) >= 11 is 0. The zero-order valence-electron chi connectivity index (χ0n) is 14.3. The van der Waals surface area contributed by atoms with Gasteiger partial charge in [-0.3, -0.25) is 4.79 Å². The first-order valence-electron chi connectivity index (χ1n) is 7.98. The number of anilines is 1. The molecule has 3 aromatic heterocycles. The van der Waals surface area contributed by atoms with Crippen LogP contribution in [0.1, 0.15) is 16.1 Å². The van der Waals surface area contributed by atoms with E-state index in [0.29, 0.717) is 22.8 Å². The molecule has 3 heterocycles. The molecule has 1 aromatic carbocycles. The molecule has 0 spiro atoms. The summed E-state index contributed by atoms with van der Waals surface area (Å²) in [5, 5.41) is 2.89. The highest BCUT2D eigenvalue weighted by atomic mass is 16.5. The van der Waals surface area contributed by atoms with Crippen LogP contribution in [0.15, 0.2) is 59.7 Å². The van der Waals surface area contributed by atoms with Crippen LogP contribution in [0.2, 0.25) is 0 Å². The first-order chi connectivity index (χ1) is 12.7. The monoisotopic (exact) mass is 348 g/mol. The molecular weight excluding hydrogens is 332 g/mol. The largest absolute Gasteiger partial charge is 0.481 e. The van der Waals surface area contributed by atoms with Gasteiger partial charge in [-0.05, 0) is 25.1 Å². The van der Waals surface area contributed by atoms with Crippen molar-refractivity contribution in [2.75, 3.05) is 12.4 Å². The van der Waals surface area contributed by atoms with E-state index in [-0.39, 0.29) is 5.91 Å². The lowest BCUT2D eigenvalue weighted by molar-refractivity contribution is 0.102. The number of aryl methyl sites for hydroxylation is 1. The van der Waals surface area contributed by atoms with Crippen LogP contribution in [0.4, 0.5) is 5.69 Å². The Kier molecular flexibility index (Phi) is 3.89. The number of benzene rings is 1. The zero-order chi connectivity index (χ0) is 18.1. The minimum Gasteiger partial charge on any atom is -0.481 e. The first kappa shape index (κ1) is 15.9. The number of carbonyl (C=O) groups is 1. The average molecular weight is 348 g/mol. The van der Waals surface area contributed by atoms with Gasteiger partial charge >= 0.3 is 0 Å². The molecule has 4 rings (SSSR count). The fourth-order valence-corrected chi connectivity index (χ4v) is 2.77. The maximum atomic E-state index is 12.7. The number of hydrogen-bond acceptors (Lipinski definition) is 5. The van der Waals surface area contributed by atoms with E-state index >= 15 is 0 Å². The van der Waals surface area contributed by atoms with Crippen LogP contribution in [0.5, 0.6) is 5.88 Å². The van der Waals surface area contributed by atoms with E-state index in [1.165, 1.54) is 6.39 Å². The van der Waals surface area contributed by atoms with E-state index in [9.17, 15) is 4.79 Å². The molecule has 0 unspecified atom stereocenters. The van der Waals surface area contributed by atoms with Gasteiger partial charge in [-0.2, -0.15) is 4.98 Å². The maximum absolute atomic E-state index is 12.7. The molecular formula is C19H16N4O3. The van der Waals surface area contributed by atoms with Crippen molar-refractivity contribution in [3.05, 3.63) is 66.5 Å². The summed E-state index contributed by atoms with van der Waals surface area (Å²) in [5.41, 5.74) is 4.30. The van der Waals surface area contributed by atoms with Gasteiger partial charge in [0.05, 0.1) is 12.7 Å². The Morgan fingerprint density at radius 3 is 2.73 bits per heavy atom. The summed E-state index contributed by atoms with van der Waals surface area (Å²) in [4.78, 5) is 21.2. The van der Waals surface area contributed by atoms with Crippen LogP contribution in [0, 0.1) is 6.92 Å². The molecule has 0 saturated carbocycles. The molecule has 0 bridgehead atoms. The lowest BCUT2D eigenvalue weighted by Crippen LogP contribution is -2.12. The highest BCUT2D eigenvalue weighted by Gasteiger charge is 2.15. The summed E-state index contributed by atoms with van der Waals surface area (Å²) in [5.74, 6) is 0.238. The van der Waals surface area contributed by atoms with E-state index in [2.05, 4.69) is 15.3 Å². The van der Waals surface area contributed by atoms with Gasteiger partial charge in [0.1, 0.15) is 12.0 Å². The van der Waals surface area contributed by atoms with Crippen molar-refractivity contribution in [2.24, 2.45) is 0 Å². The third-order valence-electron chi connectivity index (χ3n) is 4.11. The molecule has 0 aliphatic rings. The van der Waals surface area contributed by atoms with Crippen molar-refractivity contribution in [3.8, 4) is 17.1 Å². The van der Waals surface area contributed by atoms with E-state index in [1.54, 1.807) is 19.4 Å². The van der Waals surface area contributed by atoms with E-state index in [0.717, 1.165) is 17.0 Å². The highest BCUT2D eigenvalue weighted by Crippen LogP contribution is 2.22. The minimum absolute atomic E-state index is 0.234. The number of aromatic nitrogens is 3. The second-order valence-corrected chi connectivity index (χ2v) is 5.77. The maximum Gasteiger partial charge on any atom is 0.259 e. The smallest absolute Gasteiger partial charge is 0.259 e. The lowest BCUT2D eigenvalue weighted by atomic mass is 10.1. The fraction of sp³-hybridized carbons (Fsp3) is 0.105. The van der Waals surface area contributed by atoms with Crippen LogP contribution >= 0.6 is 0 Å². The summed E-state index contributed by atoms with van der Waals surface area (Å²) in [6, 6.07) is 10.9. The number of nitrogens with zero attached hydrogens (tertiary/aromatic N) is 3. The normalized spacial score (nSPS) is 10.8. The Hall–Kier alpha value is -3.61. The molecule has 4 aromatic rings. The van der Waals surface area contributed by atoms with Crippen molar-refractivity contribution < 1.29 is 13.9 Å². The lowest BCUT2D eigenvalue weighted by Gasteiger charge is -2.07. The van der Waals surface area contributed by atoms with Crippen molar-refractivity contribution in [1.82, 2.24) is 14.4 Å². The molecule has 0 aliphatic heterocycles. The second-order valence-electron chi connectivity index (χ2n) is 5.77. The average Bonchev–Trinajstić information content (AvgIpc) is 3.32. The van der Waals surface area contributed by atoms with Gasteiger partial charge in [-0.15, -0.1) is 0 Å². The van der Waals surface area contributed by atoms with E-state index < -0.39 is 0 Å². The molecule has 26 heavy (non-hydrogen) atoms. The summed E-state index contributed by atoms with van der Waals surface area (Å²) < 4.78 is 12.0. The fourth-order valence-electron chi connectivity index (χ4n) is 2.77. The predicted molar refractivity (Wildman–Crippen MR) is 96.4 cm³/mol. The summed E-state index contributed by atoms with van der Waals surface area (Å²) in [6.45, 7) is 1.93. The third kappa shape index (κ3) is 2.79. The first-order valence-corrected chi connectivity index (χ1v) is 7.98. The van der Waals surface area contributed by atoms with Crippen LogP contribution in [0.25, 0.3) is 16.9 Å². The summed E-state index contributed by atoms with van der Waals surface area (Å²) in [6.07, 6.45) is 4.77. The number of amides is 1.